The Hall–Kier alpha value is -2.72. The van der Waals surface area contributed by atoms with Gasteiger partial charge in [-0.25, -0.2) is 0 Å². The molecule has 1 aliphatic heterocycles. The number of halogens is 1. The van der Waals surface area contributed by atoms with E-state index in [2.05, 4.69) is 10.9 Å². The Kier molecular flexibility index (Phi) is 8.81. The van der Waals surface area contributed by atoms with E-state index < -0.39 is 0 Å². The van der Waals surface area contributed by atoms with Crippen LogP contribution in [0.3, 0.4) is 0 Å². The van der Waals surface area contributed by atoms with Gasteiger partial charge in [0.25, 0.3) is 0 Å². The average molecular weight is 417 g/mol. The molecule has 0 bridgehead atoms. The van der Waals surface area contributed by atoms with E-state index in [0.29, 0.717) is 44.5 Å². The number of fused-ring (bicyclic) bond motifs is 1. The third-order valence-electron chi connectivity index (χ3n) is 4.24. The van der Waals surface area contributed by atoms with Crippen molar-refractivity contribution in [2.75, 3.05) is 45.5 Å². The lowest BCUT2D eigenvalue weighted by molar-refractivity contribution is 0.132. The molecule has 2 aromatic rings. The summed E-state index contributed by atoms with van der Waals surface area (Å²) in [4.78, 5) is 6.48. The summed E-state index contributed by atoms with van der Waals surface area (Å²) in [5.41, 5.74) is 3.78. The van der Waals surface area contributed by atoms with Gasteiger partial charge < -0.3 is 23.8 Å². The van der Waals surface area contributed by atoms with Crippen LogP contribution in [0.5, 0.6) is 11.5 Å². The summed E-state index contributed by atoms with van der Waals surface area (Å²) in [6, 6.07) is 11.7. The van der Waals surface area contributed by atoms with Crippen molar-refractivity contribution < 1.29 is 18.9 Å². The third-order valence-corrected chi connectivity index (χ3v) is 4.24. The molecule has 29 heavy (non-hydrogen) atoms. The molecule has 0 atom stereocenters. The third kappa shape index (κ3) is 5.64. The standard InChI is InChI=1S/C22H24N2O4.ClH/c1-4-17-6-5-7-19(12-17)24-16-23-15-18-13-21(27-10-8-25-2)22(14-20(18)24)28-11-9-26-3;/h1,5-7,12-14,16H,8-11,15H2,2-3H3;1H. The Bertz CT molecular complexity index is 880. The summed E-state index contributed by atoms with van der Waals surface area (Å²) in [6.07, 6.45) is 7.36. The second-order valence-electron chi connectivity index (χ2n) is 6.13. The van der Waals surface area contributed by atoms with Gasteiger partial charge in [0.05, 0.1) is 31.8 Å². The number of anilines is 2. The quantitative estimate of drug-likeness (QED) is 0.459. The number of ether oxygens (including phenoxy) is 4. The van der Waals surface area contributed by atoms with Crippen molar-refractivity contribution in [3.05, 3.63) is 47.5 Å². The molecule has 2 aromatic carbocycles. The second kappa shape index (κ2) is 11.3. The van der Waals surface area contributed by atoms with Crippen LogP contribution in [0.1, 0.15) is 11.1 Å². The highest BCUT2D eigenvalue weighted by atomic mass is 35.5. The topological polar surface area (TPSA) is 52.5 Å². The SMILES string of the molecule is C#Cc1cccc(N2C=NCc3cc(OCCOC)c(OCCOC)cc32)c1.Cl. The number of terminal acetylenes is 1. The molecule has 0 unspecified atom stereocenters. The van der Waals surface area contributed by atoms with Gasteiger partial charge in [0.2, 0.25) is 0 Å². The van der Waals surface area contributed by atoms with Crippen molar-refractivity contribution in [1.29, 1.82) is 0 Å². The number of hydrogen-bond donors (Lipinski definition) is 0. The Morgan fingerprint density at radius 2 is 1.69 bits per heavy atom. The van der Waals surface area contributed by atoms with E-state index >= 15 is 0 Å². The zero-order valence-corrected chi connectivity index (χ0v) is 17.4. The van der Waals surface area contributed by atoms with Gasteiger partial charge in [-0.05, 0) is 24.3 Å². The predicted octanol–water partition coefficient (Wildman–Crippen LogP) is 3.82. The fraction of sp³-hybridized carbons (Fsp3) is 0.318. The average Bonchev–Trinajstić information content (AvgIpc) is 2.74. The van der Waals surface area contributed by atoms with E-state index in [1.165, 1.54) is 0 Å². The number of benzene rings is 2. The molecular formula is C22H25ClN2O4. The first-order valence-corrected chi connectivity index (χ1v) is 9.03. The van der Waals surface area contributed by atoms with Gasteiger partial charge in [-0.1, -0.05) is 12.0 Å². The van der Waals surface area contributed by atoms with Crippen LogP contribution in [0.15, 0.2) is 41.4 Å². The molecule has 0 radical (unpaired) electrons. The molecule has 0 saturated heterocycles. The molecule has 0 saturated carbocycles. The van der Waals surface area contributed by atoms with E-state index in [1.807, 2.05) is 47.6 Å². The summed E-state index contributed by atoms with van der Waals surface area (Å²) in [5.74, 6) is 3.99. The van der Waals surface area contributed by atoms with Crippen LogP contribution in [-0.4, -0.2) is 47.0 Å². The highest BCUT2D eigenvalue weighted by Gasteiger charge is 2.20. The number of hydrogen-bond acceptors (Lipinski definition) is 6. The smallest absolute Gasteiger partial charge is 0.163 e. The normalized spacial score (nSPS) is 12.0. The number of methoxy groups -OCH3 is 2. The van der Waals surface area contributed by atoms with Gasteiger partial charge in [-0.2, -0.15) is 0 Å². The molecule has 0 aliphatic carbocycles. The second-order valence-corrected chi connectivity index (χ2v) is 6.13. The van der Waals surface area contributed by atoms with Crippen LogP contribution in [-0.2, 0) is 16.0 Å². The molecule has 0 amide bonds. The maximum Gasteiger partial charge on any atom is 0.163 e. The Balaban J connectivity index is 0.00000300. The van der Waals surface area contributed by atoms with Gasteiger partial charge in [0, 0.05) is 37.1 Å². The summed E-state index contributed by atoms with van der Waals surface area (Å²) in [7, 11) is 3.28. The summed E-state index contributed by atoms with van der Waals surface area (Å²) < 4.78 is 21.9. The molecule has 1 heterocycles. The van der Waals surface area contributed by atoms with E-state index in [-0.39, 0.29) is 12.4 Å². The lowest BCUT2D eigenvalue weighted by Crippen LogP contribution is -2.20. The minimum absolute atomic E-state index is 0. The van der Waals surface area contributed by atoms with Crippen LogP contribution in [0.2, 0.25) is 0 Å². The molecule has 0 spiro atoms. The van der Waals surface area contributed by atoms with Crippen LogP contribution in [0, 0.1) is 12.3 Å². The van der Waals surface area contributed by atoms with Gasteiger partial charge in [0.15, 0.2) is 11.5 Å². The molecule has 0 fully saturated rings. The highest BCUT2D eigenvalue weighted by Crippen LogP contribution is 2.39. The Morgan fingerprint density at radius 1 is 1.00 bits per heavy atom. The molecule has 7 heteroatoms. The van der Waals surface area contributed by atoms with Gasteiger partial charge in [-0.15, -0.1) is 18.8 Å². The van der Waals surface area contributed by atoms with Crippen LogP contribution >= 0.6 is 12.4 Å². The lowest BCUT2D eigenvalue weighted by atomic mass is 10.1. The minimum Gasteiger partial charge on any atom is -0.487 e. The lowest BCUT2D eigenvalue weighted by Gasteiger charge is -2.27. The Morgan fingerprint density at radius 3 is 2.34 bits per heavy atom. The first-order valence-electron chi connectivity index (χ1n) is 9.03. The molecule has 1 aliphatic rings. The monoisotopic (exact) mass is 416 g/mol. The molecule has 0 aromatic heterocycles. The van der Waals surface area contributed by atoms with Gasteiger partial charge >= 0.3 is 0 Å². The van der Waals surface area contributed by atoms with Crippen molar-refractivity contribution in [2.24, 2.45) is 4.99 Å². The number of nitrogens with zero attached hydrogens (tertiary/aromatic N) is 2. The maximum atomic E-state index is 5.91. The van der Waals surface area contributed by atoms with E-state index in [0.717, 1.165) is 22.5 Å². The fourth-order valence-corrected chi connectivity index (χ4v) is 2.87. The van der Waals surface area contributed by atoms with E-state index in [9.17, 15) is 0 Å². The van der Waals surface area contributed by atoms with Crippen molar-refractivity contribution >= 4 is 30.1 Å². The van der Waals surface area contributed by atoms with E-state index in [1.54, 1.807) is 14.2 Å². The Labute approximate surface area is 177 Å². The first kappa shape index (κ1) is 22.6. The van der Waals surface area contributed by atoms with Crippen molar-refractivity contribution in [2.45, 2.75) is 6.54 Å². The molecule has 6 nitrogen and oxygen atoms in total. The molecule has 154 valence electrons. The summed E-state index contributed by atoms with van der Waals surface area (Å²) >= 11 is 0. The largest absolute Gasteiger partial charge is 0.487 e. The van der Waals surface area contributed by atoms with Gasteiger partial charge in [0.1, 0.15) is 13.2 Å². The predicted molar refractivity (Wildman–Crippen MR) is 117 cm³/mol. The van der Waals surface area contributed by atoms with E-state index in [4.69, 9.17) is 25.4 Å². The van der Waals surface area contributed by atoms with Gasteiger partial charge in [-0.3, -0.25) is 4.99 Å². The fourth-order valence-electron chi connectivity index (χ4n) is 2.87. The zero-order chi connectivity index (χ0) is 19.8. The first-order chi connectivity index (χ1) is 13.8. The summed E-state index contributed by atoms with van der Waals surface area (Å²) in [5, 5.41) is 0. The zero-order valence-electron chi connectivity index (χ0n) is 16.6. The maximum absolute atomic E-state index is 5.91. The van der Waals surface area contributed by atoms with Crippen molar-refractivity contribution in [1.82, 2.24) is 0 Å². The highest BCUT2D eigenvalue weighted by molar-refractivity contribution is 5.93. The van der Waals surface area contributed by atoms with Crippen LogP contribution in [0.25, 0.3) is 0 Å². The molecule has 0 N–H and O–H groups in total. The minimum atomic E-state index is 0. The van der Waals surface area contributed by atoms with Crippen LogP contribution < -0.4 is 14.4 Å². The molecule has 3 rings (SSSR count). The van der Waals surface area contributed by atoms with Crippen molar-refractivity contribution in [3.8, 4) is 23.8 Å². The summed E-state index contributed by atoms with van der Waals surface area (Å²) in [6.45, 7) is 2.42. The van der Waals surface area contributed by atoms with Crippen LogP contribution in [0.4, 0.5) is 11.4 Å². The number of rotatable bonds is 9. The number of aliphatic imine (C=N–C) groups is 1. The molecular weight excluding hydrogens is 392 g/mol. The van der Waals surface area contributed by atoms with Crippen molar-refractivity contribution in [3.63, 3.8) is 0 Å².